The lowest BCUT2D eigenvalue weighted by Crippen LogP contribution is -2.29. The second kappa shape index (κ2) is 37.1. The van der Waals surface area contributed by atoms with Crippen molar-refractivity contribution >= 4 is 117 Å². The summed E-state index contributed by atoms with van der Waals surface area (Å²) in [5, 5.41) is 24.4. The predicted molar refractivity (Wildman–Crippen MR) is 578 cm³/mol. The van der Waals surface area contributed by atoms with Crippen molar-refractivity contribution in [2.75, 3.05) is 14.7 Å². The Balaban J connectivity index is 0.000000156. The third-order valence-corrected chi connectivity index (χ3v) is 29.2. The van der Waals surface area contributed by atoms with E-state index in [0.29, 0.717) is 28.2 Å². The zero-order valence-electron chi connectivity index (χ0n) is 75.6. The molecule has 5 nitrogen and oxygen atoms in total. The maximum atomic E-state index is 17.2. The third kappa shape index (κ3) is 16.4. The van der Waals surface area contributed by atoms with Gasteiger partial charge in [0.25, 0.3) is 0 Å². The van der Waals surface area contributed by atoms with Gasteiger partial charge < -0.3 is 24.7 Å². The highest BCUT2D eigenvalue weighted by molar-refractivity contribution is 9.11. The van der Waals surface area contributed by atoms with Gasteiger partial charge in [0.2, 0.25) is 0 Å². The van der Waals surface area contributed by atoms with E-state index in [1.165, 1.54) is 87.8 Å². The minimum Gasteiger partial charge on any atom is -0.423 e. The number of benzene rings is 21. The summed E-state index contributed by atoms with van der Waals surface area (Å²) < 4.78 is 53.0. The molecular formula is C128H89BBr2F3N3O2. The lowest BCUT2D eigenvalue weighted by Gasteiger charge is -2.31. The van der Waals surface area contributed by atoms with Crippen molar-refractivity contribution in [3.8, 4) is 111 Å². The molecule has 2 fully saturated rings. The van der Waals surface area contributed by atoms with Gasteiger partial charge in [0.15, 0.2) is 0 Å². The Morgan fingerprint density at radius 3 is 0.885 bits per heavy atom. The zero-order valence-corrected chi connectivity index (χ0v) is 78.8. The number of halogens is 5. The van der Waals surface area contributed by atoms with Gasteiger partial charge >= 0.3 is 7.12 Å². The molecular weight excluding hydrogens is 1840 g/mol. The normalized spacial score (nSPS) is 12.9. The molecule has 666 valence electrons. The van der Waals surface area contributed by atoms with E-state index < -0.39 is 7.12 Å². The molecule has 0 radical (unpaired) electrons. The molecule has 2 spiro atoms. The van der Waals surface area contributed by atoms with E-state index >= 15 is 13.2 Å². The molecule has 2 N–H and O–H groups in total. The van der Waals surface area contributed by atoms with Crippen LogP contribution in [-0.4, -0.2) is 17.2 Å². The van der Waals surface area contributed by atoms with Crippen LogP contribution < -0.4 is 20.2 Å². The molecule has 0 amide bonds. The summed E-state index contributed by atoms with van der Waals surface area (Å²) >= 11 is 7.37. The van der Waals surface area contributed by atoms with Gasteiger partial charge in [0.1, 0.15) is 17.5 Å². The highest BCUT2D eigenvalue weighted by Crippen LogP contribution is 2.65. The first-order valence-corrected chi connectivity index (χ1v) is 48.7. The number of fused-ring (bicyclic) bond motifs is 8. The van der Waals surface area contributed by atoms with Gasteiger partial charge in [-0.15, -0.1) is 0 Å². The lowest BCUT2D eigenvalue weighted by atomic mass is 9.73. The minimum atomic E-state index is -1.57. The molecule has 0 saturated heterocycles. The minimum absolute atomic E-state index is 0.0888. The molecule has 0 bridgehead atoms. The van der Waals surface area contributed by atoms with Crippen LogP contribution in [0.3, 0.4) is 0 Å². The molecule has 0 aliphatic heterocycles. The third-order valence-electron chi connectivity index (χ3n) is 28.0. The Hall–Kier alpha value is -15.7. The second-order valence-corrected chi connectivity index (χ2v) is 37.9. The van der Waals surface area contributed by atoms with Crippen molar-refractivity contribution in [3.63, 3.8) is 0 Å². The van der Waals surface area contributed by atoms with Crippen molar-refractivity contribution < 1.29 is 23.2 Å². The number of nitrogens with zero attached hydrogens (tertiary/aromatic N) is 3. The molecule has 139 heavy (non-hydrogen) atoms. The van der Waals surface area contributed by atoms with Crippen LogP contribution in [0.25, 0.3) is 133 Å². The predicted octanol–water partition coefficient (Wildman–Crippen LogP) is 34.9. The molecule has 11 heteroatoms. The van der Waals surface area contributed by atoms with E-state index in [9.17, 15) is 10.0 Å². The summed E-state index contributed by atoms with van der Waals surface area (Å²) in [5.74, 6) is -0.963. The molecule has 2 saturated carbocycles. The number of anilines is 9. The molecule has 21 aromatic rings. The van der Waals surface area contributed by atoms with Crippen LogP contribution in [0.2, 0.25) is 0 Å². The van der Waals surface area contributed by atoms with Gasteiger partial charge in [0.05, 0.1) is 17.1 Å². The topological polar surface area (TPSA) is 50.2 Å². The zero-order chi connectivity index (χ0) is 93.8. The van der Waals surface area contributed by atoms with Crippen LogP contribution in [-0.2, 0) is 10.8 Å². The molecule has 0 heterocycles. The average molecular weight is 1930 g/mol. The molecule has 0 unspecified atom stereocenters. The van der Waals surface area contributed by atoms with Crippen molar-refractivity contribution in [2.45, 2.75) is 36.5 Å². The first kappa shape index (κ1) is 87.3. The average Bonchev–Trinajstić information content (AvgIpc) is 1.52. The van der Waals surface area contributed by atoms with Crippen molar-refractivity contribution in [2.24, 2.45) is 0 Å². The van der Waals surface area contributed by atoms with Crippen LogP contribution >= 0.6 is 31.9 Å². The summed E-state index contributed by atoms with van der Waals surface area (Å²) in [6.07, 6.45) is 4.68. The Bertz CT molecular complexity index is 8170. The number of hydrogen-bond donors (Lipinski definition) is 2. The van der Waals surface area contributed by atoms with E-state index in [-0.39, 0.29) is 28.3 Å². The van der Waals surface area contributed by atoms with E-state index in [1.807, 2.05) is 260 Å². The summed E-state index contributed by atoms with van der Waals surface area (Å²) in [6, 6.07) is 161. The summed E-state index contributed by atoms with van der Waals surface area (Å²) in [5.41, 5.74) is 32.9. The van der Waals surface area contributed by atoms with Crippen LogP contribution in [0, 0.1) is 17.5 Å². The van der Waals surface area contributed by atoms with Gasteiger partial charge in [-0.1, -0.05) is 378 Å². The fourth-order valence-corrected chi connectivity index (χ4v) is 21.9. The number of para-hydroxylation sites is 3. The Morgan fingerprint density at radius 2 is 0.504 bits per heavy atom. The van der Waals surface area contributed by atoms with E-state index in [4.69, 9.17) is 0 Å². The fourth-order valence-electron chi connectivity index (χ4n) is 21.1. The summed E-state index contributed by atoms with van der Waals surface area (Å²) in [4.78, 5) is 5.97. The first-order chi connectivity index (χ1) is 68.3. The van der Waals surface area contributed by atoms with Crippen LogP contribution in [0.1, 0.15) is 47.9 Å². The monoisotopic (exact) mass is 1930 g/mol. The first-order valence-electron chi connectivity index (χ1n) is 47.1. The van der Waals surface area contributed by atoms with Gasteiger partial charge in [0, 0.05) is 70.6 Å². The van der Waals surface area contributed by atoms with Gasteiger partial charge in [-0.2, -0.15) is 0 Å². The van der Waals surface area contributed by atoms with E-state index in [2.05, 4.69) is 224 Å². The van der Waals surface area contributed by atoms with Gasteiger partial charge in [-0.05, 0) is 303 Å². The lowest BCUT2D eigenvalue weighted by molar-refractivity contribution is 0.426. The van der Waals surface area contributed by atoms with E-state index in [0.717, 1.165) is 130 Å². The van der Waals surface area contributed by atoms with Crippen molar-refractivity contribution in [1.29, 1.82) is 0 Å². The Morgan fingerprint density at radius 1 is 0.216 bits per heavy atom. The molecule has 25 rings (SSSR count). The molecule has 4 aliphatic rings. The van der Waals surface area contributed by atoms with Crippen molar-refractivity contribution in [3.05, 3.63) is 528 Å². The van der Waals surface area contributed by atoms with Crippen molar-refractivity contribution in [1.82, 2.24) is 0 Å². The largest absolute Gasteiger partial charge is 0.488 e. The number of rotatable bonds is 18. The van der Waals surface area contributed by atoms with Crippen LogP contribution in [0.4, 0.5) is 64.4 Å². The SMILES string of the molecule is Brc1ccc2c(c1)C1(CC1)c1cccc3c(Br)ccc-2c13.Fc1cc(-c2ccccc2)cc(-c2ccccc2)c1N(c1ccccc1)c1ccc(-c2ccc3c(c2)C2(CC2)c2cccc4c(-c5ccc(N(c6ccccc6)c6c(F)cc(-c7ccccc7)cc6-c6ccccc6)cc5)ccc-3c24)cc1.OB(O)c1ccc(N(c2ccccc2)c2c(F)cc(-c3ccccc3)cc2-c2ccccc2)cc1. The standard InChI is InChI=1S/C79H54F2N2.C30H23BFNO2.C19H12Br2/c80-74-51-60(53-20-7-1-8-21-53)48-70(56-24-11-3-12-25-56)77(74)82(62-28-15-5-16-29-62)64-39-34-55(35-40-64)59-38-43-67-69-45-44-66(68-32-19-33-72(76(68)69)79(46-47-79)73(67)50-59)58-36-41-65(42-37-58)83(63-30-17-6-18-31-63)78-71(57-26-13-4-14-27-57)49-61(52-75(78)81)54-22-9-2-10-23-54;32-29-21-24(22-10-4-1-5-11-22)20-28(23-12-6-2-7-13-23)30(29)33(26-14-8-3-9-15-26)27-18-16-25(17-19-27)31(34)35;20-11-4-5-12-13-6-7-17(21)14-2-1-3-15(18(13)14)19(8-9-19)16(12)10-11/h1-45,48-52H,46-47H2;1-21,34-35H;1-7,10H,8-9H2. The Kier molecular flexibility index (Phi) is 23.3. The summed E-state index contributed by atoms with van der Waals surface area (Å²) in [6.45, 7) is 0. The van der Waals surface area contributed by atoms with Gasteiger partial charge in [-0.3, -0.25) is 0 Å². The summed E-state index contributed by atoms with van der Waals surface area (Å²) in [7, 11) is -1.57. The maximum Gasteiger partial charge on any atom is 0.488 e. The molecule has 0 atom stereocenters. The van der Waals surface area contributed by atoms with E-state index in [1.54, 1.807) is 42.5 Å². The molecule has 21 aromatic carbocycles. The highest BCUT2D eigenvalue weighted by Gasteiger charge is 2.52. The maximum absolute atomic E-state index is 17.2. The van der Waals surface area contributed by atoms with Gasteiger partial charge in [-0.25, -0.2) is 13.2 Å². The smallest absolute Gasteiger partial charge is 0.423 e. The van der Waals surface area contributed by atoms with Crippen LogP contribution in [0.5, 0.6) is 0 Å². The quantitative estimate of drug-likeness (QED) is 0.0839. The Labute approximate surface area is 824 Å². The molecule has 0 aromatic heterocycles. The highest BCUT2D eigenvalue weighted by atomic mass is 79.9. The fraction of sp³-hybridized carbons (Fsp3) is 0.0469. The molecule has 4 aliphatic carbocycles. The van der Waals surface area contributed by atoms with Crippen LogP contribution in [0.15, 0.2) is 488 Å². The number of hydrogen-bond acceptors (Lipinski definition) is 5. The second-order valence-electron chi connectivity index (χ2n) is 36.2.